The van der Waals surface area contributed by atoms with Gasteiger partial charge < -0.3 is 9.74 Å². The van der Waals surface area contributed by atoms with E-state index in [-0.39, 0.29) is 31.0 Å². The normalized spacial score (nSPS) is 22.8. The molecule has 1 aliphatic carbocycles. The largest absolute Gasteiger partial charge is 0.425 e. The summed E-state index contributed by atoms with van der Waals surface area (Å²) in [6, 6.07) is -0.457. The van der Waals surface area contributed by atoms with Crippen LogP contribution in [0.1, 0.15) is 46.5 Å². The molecule has 174 valence electrons. The van der Waals surface area contributed by atoms with E-state index in [9.17, 15) is 39.5 Å². The number of alkyl halides is 9. The Morgan fingerprint density at radius 3 is 1.48 bits per heavy atom. The van der Waals surface area contributed by atoms with Gasteiger partial charge in [-0.05, 0) is 43.8 Å². The fourth-order valence-electron chi connectivity index (χ4n) is 4.09. The molecule has 0 aromatic carbocycles. The fourth-order valence-corrected chi connectivity index (χ4v) is 7.11. The van der Waals surface area contributed by atoms with E-state index in [0.29, 0.717) is 0 Å². The van der Waals surface area contributed by atoms with Crippen LogP contribution in [0.2, 0.25) is 18.1 Å². The molecule has 0 unspecified atom stereocenters. The van der Waals surface area contributed by atoms with E-state index in [2.05, 4.69) is 5.32 Å². The molecule has 2 nitrogen and oxygen atoms in total. The van der Waals surface area contributed by atoms with Gasteiger partial charge in [0.15, 0.2) is 8.32 Å². The molecule has 1 aliphatic rings. The first kappa shape index (κ1) is 26.5. The summed E-state index contributed by atoms with van der Waals surface area (Å²) in [6.07, 6.45) is -17.3. The third-order valence-corrected chi connectivity index (χ3v) is 10.7. The van der Waals surface area contributed by atoms with Gasteiger partial charge >= 0.3 is 18.5 Å². The Morgan fingerprint density at radius 2 is 1.17 bits per heavy atom. The predicted molar refractivity (Wildman–Crippen MR) is 92.9 cm³/mol. The van der Waals surface area contributed by atoms with Crippen molar-refractivity contribution < 1.29 is 43.9 Å². The summed E-state index contributed by atoms with van der Waals surface area (Å²) in [5.74, 6) is -1.89. The monoisotopic (exact) mass is 461 g/mol. The molecule has 29 heavy (non-hydrogen) atoms. The summed E-state index contributed by atoms with van der Waals surface area (Å²) < 4.78 is 126. The van der Waals surface area contributed by atoms with Crippen molar-refractivity contribution >= 4 is 8.32 Å². The molecule has 0 amide bonds. The van der Waals surface area contributed by atoms with Crippen LogP contribution in [-0.2, 0) is 4.43 Å². The van der Waals surface area contributed by atoms with Gasteiger partial charge in [0.2, 0.25) is 0 Å². The van der Waals surface area contributed by atoms with Crippen LogP contribution < -0.4 is 5.32 Å². The molecule has 1 saturated carbocycles. The SMILES string of the molecule is CC[Si](CC)(CC)OC(C1CCC(NCC(F)(F)F)CC1)(C(F)(F)F)C(F)(F)F. The number of hydrogen-bond donors (Lipinski definition) is 1. The maximum absolute atomic E-state index is 14.0. The van der Waals surface area contributed by atoms with Gasteiger partial charge in [0.25, 0.3) is 5.60 Å². The molecule has 0 radical (unpaired) electrons. The van der Waals surface area contributed by atoms with Crippen molar-refractivity contribution in [3.05, 3.63) is 0 Å². The summed E-state index contributed by atoms with van der Waals surface area (Å²) in [5, 5.41) is 2.17. The molecule has 0 aliphatic heterocycles. The van der Waals surface area contributed by atoms with E-state index in [0.717, 1.165) is 0 Å². The predicted octanol–water partition coefficient (Wildman–Crippen LogP) is 6.58. The molecular weight excluding hydrogens is 433 g/mol. The maximum Gasteiger partial charge on any atom is 0.425 e. The molecule has 1 N–H and O–H groups in total. The van der Waals surface area contributed by atoms with Crippen LogP contribution in [0, 0.1) is 5.92 Å². The van der Waals surface area contributed by atoms with Crippen LogP contribution in [0.15, 0.2) is 0 Å². The smallest absolute Gasteiger partial charge is 0.396 e. The lowest BCUT2D eigenvalue weighted by molar-refractivity contribution is -0.380. The first-order valence-corrected chi connectivity index (χ1v) is 12.2. The molecule has 0 bridgehead atoms. The van der Waals surface area contributed by atoms with E-state index < -0.39 is 63.8 Å². The van der Waals surface area contributed by atoms with Crippen LogP contribution in [-0.4, -0.2) is 45.0 Å². The summed E-state index contributed by atoms with van der Waals surface area (Å²) >= 11 is 0. The zero-order valence-electron chi connectivity index (χ0n) is 16.6. The quantitative estimate of drug-likeness (QED) is 0.326. The topological polar surface area (TPSA) is 21.3 Å². The van der Waals surface area contributed by atoms with Crippen molar-refractivity contribution in [1.82, 2.24) is 5.32 Å². The number of halogens is 9. The Hall–Kier alpha value is -0.493. The fraction of sp³-hybridized carbons (Fsp3) is 1.00. The Morgan fingerprint density at radius 1 is 0.759 bits per heavy atom. The van der Waals surface area contributed by atoms with Gasteiger partial charge in [0, 0.05) is 12.0 Å². The highest BCUT2D eigenvalue weighted by atomic mass is 28.4. The maximum atomic E-state index is 14.0. The highest BCUT2D eigenvalue weighted by Crippen LogP contribution is 2.56. The second-order valence-corrected chi connectivity index (χ2v) is 12.3. The second-order valence-electron chi connectivity index (χ2n) is 7.62. The van der Waals surface area contributed by atoms with Gasteiger partial charge in [-0.3, -0.25) is 0 Å². The average molecular weight is 461 g/mol. The summed E-state index contributed by atoms with van der Waals surface area (Å²) in [7, 11) is -3.32. The number of hydrogen-bond acceptors (Lipinski definition) is 2. The van der Waals surface area contributed by atoms with Crippen molar-refractivity contribution in [3.63, 3.8) is 0 Å². The van der Waals surface area contributed by atoms with Crippen LogP contribution in [0.3, 0.4) is 0 Å². The minimum atomic E-state index is -5.68. The van der Waals surface area contributed by atoms with Crippen LogP contribution in [0.5, 0.6) is 0 Å². The lowest BCUT2D eigenvalue weighted by Gasteiger charge is -2.49. The first-order valence-electron chi connectivity index (χ1n) is 9.71. The average Bonchev–Trinajstić information content (AvgIpc) is 2.59. The lowest BCUT2D eigenvalue weighted by Crippen LogP contribution is -2.68. The Balaban J connectivity index is 3.20. The third kappa shape index (κ3) is 6.02. The summed E-state index contributed by atoms with van der Waals surface area (Å²) in [4.78, 5) is 0. The van der Waals surface area contributed by atoms with Gasteiger partial charge in [-0.1, -0.05) is 20.8 Å². The molecule has 0 spiro atoms. The Labute approximate surface area is 165 Å². The Bertz CT molecular complexity index is 484. The van der Waals surface area contributed by atoms with Crippen molar-refractivity contribution in [2.24, 2.45) is 5.92 Å². The minimum Gasteiger partial charge on any atom is -0.396 e. The molecule has 0 aromatic rings. The first-order chi connectivity index (χ1) is 13.1. The Kier molecular flexibility index (Phi) is 8.54. The molecular formula is C17H28F9NOSi. The van der Waals surface area contributed by atoms with Gasteiger partial charge in [-0.15, -0.1) is 0 Å². The van der Waals surface area contributed by atoms with Crippen molar-refractivity contribution in [2.75, 3.05) is 6.54 Å². The zero-order valence-corrected chi connectivity index (χ0v) is 17.6. The van der Waals surface area contributed by atoms with Crippen LogP contribution in [0.25, 0.3) is 0 Å². The minimum absolute atomic E-state index is 0.108. The highest BCUT2D eigenvalue weighted by Gasteiger charge is 2.76. The van der Waals surface area contributed by atoms with Crippen molar-refractivity contribution in [1.29, 1.82) is 0 Å². The van der Waals surface area contributed by atoms with Gasteiger partial charge in [-0.25, -0.2) is 0 Å². The van der Waals surface area contributed by atoms with E-state index in [1.54, 1.807) is 0 Å². The molecule has 12 heteroatoms. The lowest BCUT2D eigenvalue weighted by atomic mass is 9.74. The van der Waals surface area contributed by atoms with Gasteiger partial charge in [0.05, 0.1) is 6.54 Å². The van der Waals surface area contributed by atoms with Crippen LogP contribution >= 0.6 is 0 Å². The van der Waals surface area contributed by atoms with E-state index in [1.165, 1.54) is 20.8 Å². The molecule has 1 rings (SSSR count). The zero-order chi connectivity index (χ0) is 22.7. The van der Waals surface area contributed by atoms with E-state index in [4.69, 9.17) is 4.43 Å². The highest BCUT2D eigenvalue weighted by molar-refractivity contribution is 6.73. The molecule has 0 aromatic heterocycles. The molecule has 1 fully saturated rings. The molecule has 0 atom stereocenters. The second kappa shape index (κ2) is 9.33. The third-order valence-electron chi connectivity index (χ3n) is 6.05. The molecule has 0 heterocycles. The van der Waals surface area contributed by atoms with Gasteiger partial charge in [-0.2, -0.15) is 39.5 Å². The van der Waals surface area contributed by atoms with E-state index >= 15 is 0 Å². The van der Waals surface area contributed by atoms with Crippen molar-refractivity contribution in [2.45, 2.75) is 94.8 Å². The van der Waals surface area contributed by atoms with Gasteiger partial charge in [0.1, 0.15) is 0 Å². The summed E-state index contributed by atoms with van der Waals surface area (Å²) in [5.41, 5.74) is -4.29. The molecule has 0 saturated heterocycles. The van der Waals surface area contributed by atoms with E-state index in [1.807, 2.05) is 0 Å². The number of nitrogens with one attached hydrogen (secondary N) is 1. The van der Waals surface area contributed by atoms with Crippen LogP contribution in [0.4, 0.5) is 39.5 Å². The summed E-state index contributed by atoms with van der Waals surface area (Å²) in [6.45, 7) is 3.28. The van der Waals surface area contributed by atoms with Crippen molar-refractivity contribution in [3.8, 4) is 0 Å². The number of rotatable bonds is 8. The standard InChI is InChI=1S/C17H28F9NOSi/c1-4-29(5-2,6-3)28-15(16(21,22)23,17(24,25)26)12-7-9-13(10-8-12)27-11-14(18,19)20/h12-13,27H,4-11H2,1-3H3.